The zero-order valence-electron chi connectivity index (χ0n) is 18.1. The molecular formula is C21H22F3N6O3S+. The lowest BCUT2D eigenvalue weighted by Crippen LogP contribution is -2.42. The van der Waals surface area contributed by atoms with Gasteiger partial charge in [-0.25, -0.2) is 23.1 Å². The Kier molecular flexibility index (Phi) is 7.49. The summed E-state index contributed by atoms with van der Waals surface area (Å²) in [6.07, 6.45) is 2.54. The Hall–Kier alpha value is -3.55. The first-order chi connectivity index (χ1) is 16.1. The molecule has 0 saturated heterocycles. The molecule has 2 aromatic heterocycles. The summed E-state index contributed by atoms with van der Waals surface area (Å²) < 4.78 is 52.1. The van der Waals surface area contributed by atoms with E-state index in [0.717, 1.165) is 24.4 Å². The van der Waals surface area contributed by atoms with Crippen molar-refractivity contribution in [3.8, 4) is 11.6 Å². The molecule has 0 bridgehead atoms. The van der Waals surface area contributed by atoms with Crippen LogP contribution in [0.3, 0.4) is 0 Å². The lowest BCUT2D eigenvalue weighted by atomic mass is 10.1. The number of rotatable bonds is 9. The van der Waals surface area contributed by atoms with E-state index in [9.17, 15) is 14.0 Å². The minimum absolute atomic E-state index is 0.135. The SMILES string of the molecule is CCC(=N)c1cc(OCc2c(F)ccc(N[N+](O)(S)c3cc(F)cnc3OC)c2F)cnc1N. The molecular weight excluding hydrogens is 473 g/mol. The molecule has 9 nitrogen and oxygen atoms in total. The number of hydrogen-bond acceptors (Lipinski definition) is 9. The number of methoxy groups -OCH3 is 1. The highest BCUT2D eigenvalue weighted by molar-refractivity contribution is 7.79. The molecule has 1 atom stereocenters. The standard InChI is InChI=1S/C21H22F3N6O3S/c1-3-16(25)13-7-12(9-27-20(13)26)33-10-14-15(23)4-5-17(19(14)24)29-30(31,34)18-6-11(22)8-28-21(18)32-2/h4-9,25,29,31,34H,3,10H2,1-2H3,(H2,26,27)/q+1. The maximum Gasteiger partial charge on any atom is 0.283 e. The second-order valence-electron chi connectivity index (χ2n) is 7.01. The van der Waals surface area contributed by atoms with Crippen molar-refractivity contribution in [2.75, 3.05) is 18.3 Å². The van der Waals surface area contributed by atoms with Gasteiger partial charge in [0.25, 0.3) is 11.6 Å². The molecule has 34 heavy (non-hydrogen) atoms. The third-order valence-electron chi connectivity index (χ3n) is 4.75. The first kappa shape index (κ1) is 25.1. The molecule has 0 fully saturated rings. The summed E-state index contributed by atoms with van der Waals surface area (Å²) in [5.74, 6) is -2.69. The predicted octanol–water partition coefficient (Wildman–Crippen LogP) is 4.41. The molecule has 3 rings (SSSR count). The van der Waals surface area contributed by atoms with Crippen molar-refractivity contribution >= 4 is 35.7 Å². The largest absolute Gasteiger partial charge is 0.487 e. The third-order valence-corrected chi connectivity index (χ3v) is 5.06. The molecule has 13 heteroatoms. The number of halogens is 3. The number of quaternary nitrogens is 1. The number of anilines is 2. The quantitative estimate of drug-likeness (QED) is 0.129. The van der Waals surface area contributed by atoms with Crippen LogP contribution in [0.15, 0.2) is 36.7 Å². The minimum Gasteiger partial charge on any atom is -0.487 e. The summed E-state index contributed by atoms with van der Waals surface area (Å²) in [6, 6.07) is 4.33. The molecule has 1 aromatic carbocycles. The van der Waals surface area contributed by atoms with Crippen LogP contribution < -0.4 is 24.8 Å². The van der Waals surface area contributed by atoms with Gasteiger partial charge >= 0.3 is 0 Å². The maximum atomic E-state index is 15.1. The zero-order valence-corrected chi connectivity index (χ0v) is 19.0. The molecule has 3 aromatic rings. The van der Waals surface area contributed by atoms with E-state index in [4.69, 9.17) is 20.6 Å². The first-order valence-corrected chi connectivity index (χ1v) is 10.2. The molecule has 0 spiro atoms. The molecule has 0 radical (unpaired) electrons. The molecule has 0 aliphatic carbocycles. The fourth-order valence-electron chi connectivity index (χ4n) is 2.96. The van der Waals surface area contributed by atoms with Gasteiger partial charge in [-0.2, -0.15) is 10.6 Å². The smallest absolute Gasteiger partial charge is 0.283 e. The van der Waals surface area contributed by atoms with Crippen molar-refractivity contribution in [2.24, 2.45) is 0 Å². The van der Waals surface area contributed by atoms with E-state index in [2.05, 4.69) is 28.2 Å². The average Bonchev–Trinajstić information content (AvgIpc) is 2.81. The van der Waals surface area contributed by atoms with Gasteiger partial charge in [0, 0.05) is 21.5 Å². The number of aromatic nitrogens is 2. The van der Waals surface area contributed by atoms with Crippen molar-refractivity contribution in [3.63, 3.8) is 0 Å². The van der Waals surface area contributed by atoms with Gasteiger partial charge in [-0.1, -0.05) is 6.92 Å². The first-order valence-electron chi connectivity index (χ1n) is 9.83. The van der Waals surface area contributed by atoms with Crippen molar-refractivity contribution in [3.05, 3.63) is 65.2 Å². The molecule has 0 aliphatic rings. The van der Waals surface area contributed by atoms with Crippen LogP contribution >= 0.6 is 12.8 Å². The number of thiol groups is 1. The number of nitrogens with zero attached hydrogens (tertiary/aromatic N) is 3. The number of ether oxygens (including phenoxy) is 2. The highest BCUT2D eigenvalue weighted by Crippen LogP contribution is 2.34. The summed E-state index contributed by atoms with van der Waals surface area (Å²) in [5.41, 5.74) is 7.56. The Balaban J connectivity index is 1.87. The van der Waals surface area contributed by atoms with Gasteiger partial charge in [0.2, 0.25) is 0 Å². The van der Waals surface area contributed by atoms with Gasteiger partial charge < -0.3 is 20.6 Å². The van der Waals surface area contributed by atoms with E-state index in [-0.39, 0.29) is 34.5 Å². The van der Waals surface area contributed by atoms with E-state index in [1.165, 1.54) is 19.4 Å². The molecule has 0 amide bonds. The predicted molar refractivity (Wildman–Crippen MR) is 123 cm³/mol. The number of pyridine rings is 2. The van der Waals surface area contributed by atoms with Gasteiger partial charge in [0.15, 0.2) is 5.82 Å². The molecule has 0 saturated carbocycles. The topological polar surface area (TPSA) is 126 Å². The number of hydrogen-bond donors (Lipinski definition) is 5. The monoisotopic (exact) mass is 495 g/mol. The van der Waals surface area contributed by atoms with Crippen molar-refractivity contribution in [2.45, 2.75) is 20.0 Å². The summed E-state index contributed by atoms with van der Waals surface area (Å²) in [4.78, 5) is 7.63. The summed E-state index contributed by atoms with van der Waals surface area (Å²) in [6.45, 7) is 1.23. The Labute approximate surface area is 198 Å². The highest BCUT2D eigenvalue weighted by atomic mass is 32.1. The number of benzene rings is 1. The van der Waals surface area contributed by atoms with Gasteiger partial charge in [-0.3, -0.25) is 0 Å². The minimum atomic E-state index is -1.55. The van der Waals surface area contributed by atoms with Gasteiger partial charge in [-0.05, 0) is 24.6 Å². The highest BCUT2D eigenvalue weighted by Gasteiger charge is 2.34. The number of nitrogens with one attached hydrogen (secondary N) is 2. The van der Waals surface area contributed by atoms with E-state index in [1.807, 2.05) is 0 Å². The Morgan fingerprint density at radius 3 is 2.65 bits per heavy atom. The van der Waals surface area contributed by atoms with E-state index >= 15 is 4.39 Å². The van der Waals surface area contributed by atoms with Gasteiger partial charge in [-0.15, -0.1) is 0 Å². The van der Waals surface area contributed by atoms with E-state index in [0.29, 0.717) is 12.0 Å². The Morgan fingerprint density at radius 1 is 1.24 bits per heavy atom. The normalized spacial score (nSPS) is 12.7. The van der Waals surface area contributed by atoms with Crippen LogP contribution in [0.2, 0.25) is 0 Å². The van der Waals surface area contributed by atoms with Crippen LogP contribution in [0.1, 0.15) is 24.5 Å². The van der Waals surface area contributed by atoms with Gasteiger partial charge in [0.1, 0.15) is 48.3 Å². The average molecular weight is 496 g/mol. The number of nitrogen functional groups attached to an aromatic ring is 1. The molecule has 0 aliphatic heterocycles. The molecule has 180 valence electrons. The summed E-state index contributed by atoms with van der Waals surface area (Å²) in [7, 11) is 1.24. The summed E-state index contributed by atoms with van der Waals surface area (Å²) >= 11 is 3.99. The van der Waals surface area contributed by atoms with E-state index in [1.54, 1.807) is 6.92 Å². The van der Waals surface area contributed by atoms with Crippen LogP contribution in [0.4, 0.5) is 30.4 Å². The lowest BCUT2D eigenvalue weighted by Gasteiger charge is -2.24. The third kappa shape index (κ3) is 5.32. The second kappa shape index (κ2) is 10.2. The second-order valence-corrected chi connectivity index (χ2v) is 7.59. The molecule has 1 unspecified atom stereocenters. The van der Waals surface area contributed by atoms with Crippen LogP contribution in [0, 0.1) is 22.9 Å². The van der Waals surface area contributed by atoms with Crippen LogP contribution in [-0.4, -0.2) is 28.0 Å². The number of nitrogens with two attached hydrogens (primary N) is 1. The van der Waals surface area contributed by atoms with Crippen LogP contribution in [0.25, 0.3) is 0 Å². The van der Waals surface area contributed by atoms with Crippen molar-refractivity contribution < 1.29 is 27.9 Å². The fourth-order valence-corrected chi connectivity index (χ4v) is 3.21. The van der Waals surface area contributed by atoms with Crippen molar-refractivity contribution in [1.29, 1.82) is 5.41 Å². The van der Waals surface area contributed by atoms with E-state index < -0.39 is 33.8 Å². The Morgan fingerprint density at radius 2 is 1.97 bits per heavy atom. The van der Waals surface area contributed by atoms with Crippen LogP contribution in [-0.2, 0) is 6.61 Å². The van der Waals surface area contributed by atoms with Crippen LogP contribution in [0.5, 0.6) is 11.6 Å². The maximum absolute atomic E-state index is 15.1. The zero-order chi connectivity index (χ0) is 25.0. The summed E-state index contributed by atoms with van der Waals surface area (Å²) in [5, 5.41) is 18.6. The van der Waals surface area contributed by atoms with Gasteiger partial charge in [0.05, 0.1) is 25.1 Å². The van der Waals surface area contributed by atoms with Crippen molar-refractivity contribution in [1.82, 2.24) is 14.1 Å². The molecule has 2 heterocycles. The Bertz CT molecular complexity index is 1230. The lowest BCUT2D eigenvalue weighted by molar-refractivity contribution is 0.0492. The fraction of sp³-hybridized carbons (Fsp3) is 0.190. The molecule has 5 N–H and O–H groups in total.